The van der Waals surface area contributed by atoms with Gasteiger partial charge in [0.05, 0.1) is 0 Å². The van der Waals surface area contributed by atoms with E-state index in [1.165, 1.54) is 30.4 Å². The second-order valence-corrected chi connectivity index (χ2v) is 4.01. The molecule has 0 radical (unpaired) electrons. The minimum absolute atomic E-state index is 0.209. The molecule has 0 bridgehead atoms. The SMILES string of the molecule is Cc1cncc(C(N)C2CCC2)c1. The molecule has 70 valence electrons. The van der Waals surface area contributed by atoms with E-state index >= 15 is 0 Å². The molecule has 0 amide bonds. The van der Waals surface area contributed by atoms with E-state index < -0.39 is 0 Å². The van der Waals surface area contributed by atoms with E-state index in [1.54, 1.807) is 0 Å². The Labute approximate surface area is 79.2 Å². The van der Waals surface area contributed by atoms with Crippen LogP contribution in [0.25, 0.3) is 0 Å². The summed E-state index contributed by atoms with van der Waals surface area (Å²) in [5.74, 6) is 0.698. The lowest BCUT2D eigenvalue weighted by atomic mass is 9.78. The van der Waals surface area contributed by atoms with Gasteiger partial charge in [-0.3, -0.25) is 4.98 Å². The standard InChI is InChI=1S/C11H16N2/c1-8-5-10(7-13-6-8)11(12)9-3-2-4-9/h5-7,9,11H,2-4,12H2,1H3. The van der Waals surface area contributed by atoms with Crippen molar-refractivity contribution in [1.82, 2.24) is 4.98 Å². The van der Waals surface area contributed by atoms with E-state index in [0.717, 1.165) is 0 Å². The van der Waals surface area contributed by atoms with Crippen LogP contribution >= 0.6 is 0 Å². The monoisotopic (exact) mass is 176 g/mol. The van der Waals surface area contributed by atoms with E-state index in [4.69, 9.17) is 5.73 Å². The van der Waals surface area contributed by atoms with Gasteiger partial charge in [0.25, 0.3) is 0 Å². The molecule has 0 spiro atoms. The van der Waals surface area contributed by atoms with E-state index in [0.29, 0.717) is 5.92 Å². The highest BCUT2D eigenvalue weighted by Crippen LogP contribution is 2.35. The van der Waals surface area contributed by atoms with Gasteiger partial charge in [0.15, 0.2) is 0 Å². The average molecular weight is 176 g/mol. The molecule has 1 aliphatic carbocycles. The first-order valence-corrected chi connectivity index (χ1v) is 4.94. The lowest BCUT2D eigenvalue weighted by Gasteiger charge is -2.31. The molecular formula is C11H16N2. The molecule has 1 unspecified atom stereocenters. The molecule has 0 aromatic carbocycles. The van der Waals surface area contributed by atoms with Gasteiger partial charge in [-0.15, -0.1) is 0 Å². The molecule has 1 aliphatic rings. The van der Waals surface area contributed by atoms with Crippen LogP contribution in [-0.2, 0) is 0 Å². The Morgan fingerprint density at radius 3 is 2.77 bits per heavy atom. The summed E-state index contributed by atoms with van der Waals surface area (Å²) in [6, 6.07) is 2.36. The molecule has 2 rings (SSSR count). The van der Waals surface area contributed by atoms with Crippen molar-refractivity contribution >= 4 is 0 Å². The smallest absolute Gasteiger partial charge is 0.0338 e. The summed E-state index contributed by atoms with van der Waals surface area (Å²) in [4.78, 5) is 4.17. The molecule has 0 saturated heterocycles. The molecule has 1 heterocycles. The van der Waals surface area contributed by atoms with Gasteiger partial charge in [0.2, 0.25) is 0 Å². The van der Waals surface area contributed by atoms with Gasteiger partial charge >= 0.3 is 0 Å². The predicted octanol–water partition coefficient (Wildman–Crippen LogP) is 2.19. The zero-order chi connectivity index (χ0) is 9.26. The van der Waals surface area contributed by atoms with Gasteiger partial charge in [-0.1, -0.05) is 12.5 Å². The average Bonchev–Trinajstić information content (AvgIpc) is 2.01. The Hall–Kier alpha value is -0.890. The third-order valence-corrected chi connectivity index (χ3v) is 2.94. The van der Waals surface area contributed by atoms with Gasteiger partial charge in [0.1, 0.15) is 0 Å². The van der Waals surface area contributed by atoms with Gasteiger partial charge in [0, 0.05) is 18.4 Å². The van der Waals surface area contributed by atoms with E-state index in [9.17, 15) is 0 Å². The molecule has 1 saturated carbocycles. The molecule has 1 aromatic heterocycles. The Morgan fingerprint density at radius 2 is 2.23 bits per heavy atom. The van der Waals surface area contributed by atoms with Crippen molar-refractivity contribution in [3.05, 3.63) is 29.6 Å². The van der Waals surface area contributed by atoms with Crippen LogP contribution in [0.15, 0.2) is 18.5 Å². The highest BCUT2D eigenvalue weighted by Gasteiger charge is 2.25. The second kappa shape index (κ2) is 3.46. The van der Waals surface area contributed by atoms with E-state index in [-0.39, 0.29) is 6.04 Å². The maximum Gasteiger partial charge on any atom is 0.0338 e. The lowest BCUT2D eigenvalue weighted by Crippen LogP contribution is -2.26. The van der Waals surface area contributed by atoms with E-state index in [1.807, 2.05) is 12.4 Å². The van der Waals surface area contributed by atoms with Crippen molar-refractivity contribution in [1.29, 1.82) is 0 Å². The topological polar surface area (TPSA) is 38.9 Å². The quantitative estimate of drug-likeness (QED) is 0.750. The molecule has 2 N–H and O–H groups in total. The lowest BCUT2D eigenvalue weighted by molar-refractivity contribution is 0.264. The molecule has 0 aliphatic heterocycles. The van der Waals surface area contributed by atoms with Crippen LogP contribution in [0.1, 0.15) is 36.4 Å². The zero-order valence-electron chi connectivity index (χ0n) is 8.03. The summed E-state index contributed by atoms with van der Waals surface area (Å²) in [6.45, 7) is 2.06. The fourth-order valence-electron chi connectivity index (χ4n) is 1.83. The number of hydrogen-bond donors (Lipinski definition) is 1. The van der Waals surface area contributed by atoms with Crippen LogP contribution in [0.2, 0.25) is 0 Å². The minimum Gasteiger partial charge on any atom is -0.324 e. The zero-order valence-corrected chi connectivity index (χ0v) is 8.03. The molecule has 1 atom stereocenters. The van der Waals surface area contributed by atoms with Gasteiger partial charge in [-0.2, -0.15) is 0 Å². The van der Waals surface area contributed by atoms with Gasteiger partial charge in [-0.05, 0) is 36.8 Å². The van der Waals surface area contributed by atoms with Crippen LogP contribution in [0.4, 0.5) is 0 Å². The first-order valence-electron chi connectivity index (χ1n) is 4.94. The van der Waals surface area contributed by atoms with Crippen molar-refractivity contribution in [2.24, 2.45) is 11.7 Å². The highest BCUT2D eigenvalue weighted by molar-refractivity contribution is 5.20. The third kappa shape index (κ3) is 1.73. The summed E-state index contributed by atoms with van der Waals surface area (Å²) in [6.07, 6.45) is 7.69. The van der Waals surface area contributed by atoms with Crippen molar-refractivity contribution in [3.8, 4) is 0 Å². The predicted molar refractivity (Wildman–Crippen MR) is 53.2 cm³/mol. The third-order valence-electron chi connectivity index (χ3n) is 2.94. The maximum atomic E-state index is 6.13. The van der Waals surface area contributed by atoms with Gasteiger partial charge < -0.3 is 5.73 Å². The van der Waals surface area contributed by atoms with Crippen LogP contribution in [0.3, 0.4) is 0 Å². The van der Waals surface area contributed by atoms with Crippen molar-refractivity contribution < 1.29 is 0 Å². The Morgan fingerprint density at radius 1 is 1.46 bits per heavy atom. The first kappa shape index (κ1) is 8.70. The molecule has 1 fully saturated rings. The summed E-state index contributed by atoms with van der Waals surface area (Å²) >= 11 is 0. The number of aryl methyl sites for hydroxylation is 1. The fraction of sp³-hybridized carbons (Fsp3) is 0.545. The second-order valence-electron chi connectivity index (χ2n) is 4.01. The van der Waals surface area contributed by atoms with Crippen LogP contribution < -0.4 is 5.73 Å². The molecular weight excluding hydrogens is 160 g/mol. The Bertz CT molecular complexity index is 292. The molecule has 2 heteroatoms. The Balaban J connectivity index is 2.14. The Kier molecular flexibility index (Phi) is 2.32. The number of hydrogen-bond acceptors (Lipinski definition) is 2. The molecule has 2 nitrogen and oxygen atoms in total. The van der Waals surface area contributed by atoms with E-state index in [2.05, 4.69) is 18.0 Å². The highest BCUT2D eigenvalue weighted by atomic mass is 14.7. The van der Waals surface area contributed by atoms with Crippen molar-refractivity contribution in [2.45, 2.75) is 32.2 Å². The number of nitrogens with two attached hydrogens (primary N) is 1. The summed E-state index contributed by atoms with van der Waals surface area (Å²) in [5, 5.41) is 0. The number of rotatable bonds is 2. The summed E-state index contributed by atoms with van der Waals surface area (Å²) in [7, 11) is 0. The van der Waals surface area contributed by atoms with Crippen LogP contribution in [0.5, 0.6) is 0 Å². The van der Waals surface area contributed by atoms with Crippen LogP contribution in [0, 0.1) is 12.8 Å². The fourth-order valence-corrected chi connectivity index (χ4v) is 1.83. The molecule has 13 heavy (non-hydrogen) atoms. The normalized spacial score (nSPS) is 19.5. The molecule has 1 aromatic rings. The number of aromatic nitrogens is 1. The minimum atomic E-state index is 0.209. The van der Waals surface area contributed by atoms with Gasteiger partial charge in [-0.25, -0.2) is 0 Å². The largest absolute Gasteiger partial charge is 0.324 e. The number of pyridine rings is 1. The summed E-state index contributed by atoms with van der Waals surface area (Å²) in [5.41, 5.74) is 8.53. The number of nitrogens with zero attached hydrogens (tertiary/aromatic N) is 1. The maximum absolute atomic E-state index is 6.13. The van der Waals surface area contributed by atoms with Crippen molar-refractivity contribution in [3.63, 3.8) is 0 Å². The summed E-state index contributed by atoms with van der Waals surface area (Å²) < 4.78 is 0. The van der Waals surface area contributed by atoms with Crippen LogP contribution in [-0.4, -0.2) is 4.98 Å². The van der Waals surface area contributed by atoms with Crippen molar-refractivity contribution in [2.75, 3.05) is 0 Å². The first-order chi connectivity index (χ1) is 6.27.